The predicted molar refractivity (Wildman–Crippen MR) is 72.0 cm³/mol. The Morgan fingerprint density at radius 1 is 1.47 bits per heavy atom. The SMILES string of the molecule is CNC1CCC2(CC1Sc1ncnn1C)OCCO2. The van der Waals surface area contributed by atoms with E-state index in [4.69, 9.17) is 9.47 Å². The summed E-state index contributed by atoms with van der Waals surface area (Å²) in [6.45, 7) is 1.43. The smallest absolute Gasteiger partial charge is 0.186 e. The Hall–Kier alpha value is -0.630. The van der Waals surface area contributed by atoms with E-state index < -0.39 is 0 Å². The molecule has 1 saturated heterocycles. The first-order valence-electron chi connectivity index (χ1n) is 6.68. The number of ether oxygens (including phenoxy) is 2. The lowest BCUT2D eigenvalue weighted by atomic mass is 9.89. The van der Waals surface area contributed by atoms with Gasteiger partial charge in [-0.3, -0.25) is 0 Å². The van der Waals surface area contributed by atoms with Gasteiger partial charge in [-0.2, -0.15) is 5.10 Å². The van der Waals surface area contributed by atoms with E-state index in [-0.39, 0.29) is 5.79 Å². The molecule has 0 bridgehead atoms. The Morgan fingerprint density at radius 2 is 2.26 bits per heavy atom. The van der Waals surface area contributed by atoms with Gasteiger partial charge in [-0.15, -0.1) is 0 Å². The lowest BCUT2D eigenvalue weighted by Crippen LogP contribution is -2.48. The summed E-state index contributed by atoms with van der Waals surface area (Å²) < 4.78 is 13.5. The van der Waals surface area contributed by atoms with Crippen LogP contribution in [0.2, 0.25) is 0 Å². The summed E-state index contributed by atoms with van der Waals surface area (Å²) in [5.41, 5.74) is 0. The minimum Gasteiger partial charge on any atom is -0.347 e. The van der Waals surface area contributed by atoms with Gasteiger partial charge >= 0.3 is 0 Å². The van der Waals surface area contributed by atoms with Crippen molar-refractivity contribution in [2.75, 3.05) is 20.3 Å². The molecular formula is C12H20N4O2S. The van der Waals surface area contributed by atoms with Gasteiger partial charge in [-0.1, -0.05) is 11.8 Å². The second-order valence-electron chi connectivity index (χ2n) is 5.07. The molecule has 1 aliphatic heterocycles. The number of nitrogens with one attached hydrogen (secondary N) is 1. The van der Waals surface area contributed by atoms with Gasteiger partial charge in [0.05, 0.1) is 13.2 Å². The van der Waals surface area contributed by atoms with Crippen LogP contribution in [0.15, 0.2) is 11.5 Å². The van der Waals surface area contributed by atoms with Gasteiger partial charge in [0.2, 0.25) is 0 Å². The van der Waals surface area contributed by atoms with E-state index in [1.54, 1.807) is 18.1 Å². The minimum absolute atomic E-state index is 0.358. The third kappa shape index (κ3) is 2.65. The van der Waals surface area contributed by atoms with Crippen LogP contribution in [0, 0.1) is 0 Å². The molecule has 1 aromatic heterocycles. The monoisotopic (exact) mass is 284 g/mol. The molecule has 2 unspecified atom stereocenters. The number of nitrogens with zero attached hydrogens (tertiary/aromatic N) is 3. The van der Waals surface area contributed by atoms with Crippen molar-refractivity contribution in [2.24, 2.45) is 7.05 Å². The molecule has 19 heavy (non-hydrogen) atoms. The average Bonchev–Trinajstić information content (AvgIpc) is 3.01. The van der Waals surface area contributed by atoms with Crippen molar-refractivity contribution in [1.82, 2.24) is 20.1 Å². The zero-order valence-corrected chi connectivity index (χ0v) is 12.2. The molecule has 1 spiro atoms. The van der Waals surface area contributed by atoms with E-state index in [2.05, 4.69) is 15.4 Å². The maximum Gasteiger partial charge on any atom is 0.186 e. The molecule has 0 amide bonds. The Kier molecular flexibility index (Phi) is 3.79. The number of thioether (sulfide) groups is 1. The number of hydrogen-bond donors (Lipinski definition) is 1. The molecule has 106 valence electrons. The van der Waals surface area contributed by atoms with E-state index in [0.717, 1.165) is 24.4 Å². The molecule has 2 fully saturated rings. The molecule has 7 heteroatoms. The molecular weight excluding hydrogens is 264 g/mol. The van der Waals surface area contributed by atoms with Crippen LogP contribution in [-0.2, 0) is 16.5 Å². The molecule has 0 radical (unpaired) electrons. The first kappa shape index (κ1) is 13.4. The van der Waals surface area contributed by atoms with Crippen LogP contribution in [0.4, 0.5) is 0 Å². The van der Waals surface area contributed by atoms with Crippen molar-refractivity contribution >= 4 is 11.8 Å². The van der Waals surface area contributed by atoms with Gasteiger partial charge < -0.3 is 14.8 Å². The maximum atomic E-state index is 5.85. The van der Waals surface area contributed by atoms with Crippen molar-refractivity contribution in [3.05, 3.63) is 6.33 Å². The van der Waals surface area contributed by atoms with Gasteiger partial charge in [-0.25, -0.2) is 9.67 Å². The highest BCUT2D eigenvalue weighted by Gasteiger charge is 2.45. The zero-order chi connectivity index (χ0) is 13.3. The van der Waals surface area contributed by atoms with Gasteiger partial charge in [0.15, 0.2) is 10.9 Å². The van der Waals surface area contributed by atoms with Crippen molar-refractivity contribution in [3.8, 4) is 0 Å². The molecule has 2 atom stereocenters. The third-order valence-corrected chi connectivity index (χ3v) is 5.29. The molecule has 1 saturated carbocycles. The summed E-state index contributed by atoms with van der Waals surface area (Å²) in [5, 5.41) is 8.86. The molecule has 0 aromatic carbocycles. The Labute approximate surface area is 117 Å². The molecule has 1 aliphatic carbocycles. The number of aryl methyl sites for hydroxylation is 1. The number of rotatable bonds is 3. The number of hydrogen-bond acceptors (Lipinski definition) is 6. The largest absolute Gasteiger partial charge is 0.347 e. The summed E-state index contributed by atoms with van der Waals surface area (Å²) in [7, 11) is 3.94. The highest BCUT2D eigenvalue weighted by atomic mass is 32.2. The zero-order valence-electron chi connectivity index (χ0n) is 11.3. The molecule has 6 nitrogen and oxygen atoms in total. The second kappa shape index (κ2) is 5.40. The molecule has 1 aromatic rings. The van der Waals surface area contributed by atoms with Gasteiger partial charge in [0.1, 0.15) is 6.33 Å². The van der Waals surface area contributed by atoms with Crippen molar-refractivity contribution in [1.29, 1.82) is 0 Å². The second-order valence-corrected chi connectivity index (χ2v) is 6.27. The fraction of sp³-hybridized carbons (Fsp3) is 0.833. The predicted octanol–water partition coefficient (Wildman–Crippen LogP) is 0.791. The summed E-state index contributed by atoms with van der Waals surface area (Å²) in [6, 6.07) is 0.458. The summed E-state index contributed by atoms with van der Waals surface area (Å²) >= 11 is 1.76. The minimum atomic E-state index is -0.358. The Morgan fingerprint density at radius 3 is 2.89 bits per heavy atom. The highest BCUT2D eigenvalue weighted by molar-refractivity contribution is 7.99. The fourth-order valence-electron chi connectivity index (χ4n) is 2.85. The van der Waals surface area contributed by atoms with Crippen molar-refractivity contribution < 1.29 is 9.47 Å². The lowest BCUT2D eigenvalue weighted by molar-refractivity contribution is -0.177. The first-order chi connectivity index (χ1) is 9.22. The van der Waals surface area contributed by atoms with Crippen LogP contribution in [-0.4, -0.2) is 52.1 Å². The van der Waals surface area contributed by atoms with Crippen LogP contribution in [0.5, 0.6) is 0 Å². The van der Waals surface area contributed by atoms with E-state index >= 15 is 0 Å². The maximum absolute atomic E-state index is 5.85. The van der Waals surface area contributed by atoms with Crippen molar-refractivity contribution in [3.63, 3.8) is 0 Å². The van der Waals surface area contributed by atoms with E-state index in [0.29, 0.717) is 24.5 Å². The van der Waals surface area contributed by atoms with E-state index in [9.17, 15) is 0 Å². The Balaban J connectivity index is 1.74. The molecule has 1 N–H and O–H groups in total. The molecule has 2 heterocycles. The third-order valence-electron chi connectivity index (χ3n) is 3.91. The molecule has 2 aliphatic rings. The standard InChI is InChI=1S/C12H20N4O2S/c1-13-9-3-4-12(17-5-6-18-12)7-10(9)19-11-14-8-15-16(11)2/h8-10,13H,3-7H2,1-2H3. The van der Waals surface area contributed by atoms with Crippen LogP contribution in [0.1, 0.15) is 19.3 Å². The number of aromatic nitrogens is 3. The van der Waals surface area contributed by atoms with Gasteiger partial charge in [0.25, 0.3) is 0 Å². The van der Waals surface area contributed by atoms with Crippen LogP contribution >= 0.6 is 11.8 Å². The van der Waals surface area contributed by atoms with E-state index in [1.165, 1.54) is 0 Å². The summed E-state index contributed by atoms with van der Waals surface area (Å²) in [4.78, 5) is 4.30. The normalized spacial score (nSPS) is 30.0. The van der Waals surface area contributed by atoms with Gasteiger partial charge in [0, 0.05) is 31.2 Å². The van der Waals surface area contributed by atoms with Crippen LogP contribution in [0.3, 0.4) is 0 Å². The van der Waals surface area contributed by atoms with Crippen molar-refractivity contribution in [2.45, 2.75) is 41.5 Å². The van der Waals surface area contributed by atoms with Crippen LogP contribution < -0.4 is 5.32 Å². The summed E-state index contributed by atoms with van der Waals surface area (Å²) in [6.07, 6.45) is 4.52. The average molecular weight is 284 g/mol. The summed E-state index contributed by atoms with van der Waals surface area (Å²) in [5.74, 6) is -0.358. The fourth-order valence-corrected chi connectivity index (χ4v) is 4.21. The van der Waals surface area contributed by atoms with E-state index in [1.807, 2.05) is 18.8 Å². The molecule has 3 rings (SSSR count). The highest BCUT2D eigenvalue weighted by Crippen LogP contribution is 2.41. The first-order valence-corrected chi connectivity index (χ1v) is 7.56. The quantitative estimate of drug-likeness (QED) is 0.885. The van der Waals surface area contributed by atoms with Gasteiger partial charge in [-0.05, 0) is 13.5 Å². The Bertz CT molecular complexity index is 433. The van der Waals surface area contributed by atoms with Crippen LogP contribution in [0.25, 0.3) is 0 Å². The topological polar surface area (TPSA) is 61.2 Å². The lowest BCUT2D eigenvalue weighted by Gasteiger charge is -2.40.